The Balaban J connectivity index is 1.74. The van der Waals surface area contributed by atoms with E-state index in [4.69, 9.17) is 16.3 Å². The number of methoxy groups -OCH3 is 1. The predicted molar refractivity (Wildman–Crippen MR) is 137 cm³/mol. The van der Waals surface area contributed by atoms with Crippen molar-refractivity contribution in [1.29, 1.82) is 0 Å². The molecule has 11 heteroatoms. The first-order valence-corrected chi connectivity index (χ1v) is 11.7. The number of aliphatic imine (C=N–C) groups is 1. The lowest BCUT2D eigenvalue weighted by Crippen LogP contribution is -2.46. The van der Waals surface area contributed by atoms with Crippen LogP contribution in [0.4, 0.5) is 5.95 Å². The fourth-order valence-corrected chi connectivity index (χ4v) is 4.13. The highest BCUT2D eigenvalue weighted by Crippen LogP contribution is 2.25. The summed E-state index contributed by atoms with van der Waals surface area (Å²) in [6.45, 7) is 3.04. The van der Waals surface area contributed by atoms with Crippen LogP contribution in [0.25, 0.3) is 0 Å². The molecule has 10 nitrogen and oxygen atoms in total. The zero-order valence-electron chi connectivity index (χ0n) is 20.0. The van der Waals surface area contributed by atoms with Gasteiger partial charge >= 0.3 is 17.3 Å². The lowest BCUT2D eigenvalue weighted by atomic mass is 9.92. The summed E-state index contributed by atoms with van der Waals surface area (Å²) in [4.78, 5) is 46.6. The number of carboxylic acid groups (broad SMARTS) is 1. The minimum absolute atomic E-state index is 0.0374. The number of fused-ring (bicyclic) bond motifs is 1. The number of rotatable bonds is 7. The first kappa shape index (κ1) is 25.2. The summed E-state index contributed by atoms with van der Waals surface area (Å²) in [5, 5.41) is 13.1. The van der Waals surface area contributed by atoms with E-state index in [1.807, 2.05) is 18.2 Å². The van der Waals surface area contributed by atoms with Crippen LogP contribution in [0.15, 0.2) is 74.9 Å². The van der Waals surface area contributed by atoms with Gasteiger partial charge in [0.2, 0.25) is 11.8 Å². The molecule has 0 bridgehead atoms. The Bertz CT molecular complexity index is 1400. The van der Waals surface area contributed by atoms with Crippen LogP contribution in [0, 0.1) is 11.8 Å². The summed E-state index contributed by atoms with van der Waals surface area (Å²) < 4.78 is 7.39. The van der Waals surface area contributed by atoms with E-state index in [0.717, 1.165) is 10.1 Å². The van der Waals surface area contributed by atoms with Gasteiger partial charge in [-0.05, 0) is 43.7 Å². The Morgan fingerprint density at radius 2 is 1.92 bits per heavy atom. The maximum Gasteiger partial charge on any atom is 0.355 e. The van der Waals surface area contributed by atoms with E-state index in [-0.39, 0.29) is 24.5 Å². The minimum Gasteiger partial charge on any atom is -0.481 e. The van der Waals surface area contributed by atoms with Crippen LogP contribution in [0.3, 0.4) is 0 Å². The molecule has 4 rings (SSSR count). The molecular formula is C25H26ClN5O5. The van der Waals surface area contributed by atoms with Crippen LogP contribution in [-0.2, 0) is 16.1 Å². The van der Waals surface area contributed by atoms with Crippen molar-refractivity contribution in [3.05, 3.63) is 91.9 Å². The van der Waals surface area contributed by atoms with Crippen LogP contribution in [0.2, 0.25) is 5.02 Å². The largest absolute Gasteiger partial charge is 0.481 e. The second-order valence-electron chi connectivity index (χ2n) is 8.66. The molecule has 2 aromatic rings. The van der Waals surface area contributed by atoms with E-state index in [1.54, 1.807) is 43.5 Å². The average molecular weight is 512 g/mol. The van der Waals surface area contributed by atoms with Crippen molar-refractivity contribution in [1.82, 2.24) is 14.1 Å². The number of carbonyl (C=O) groups is 1. The molecule has 2 unspecified atom stereocenters. The maximum absolute atomic E-state index is 13.5. The number of hydrogen-bond acceptors (Lipinski definition) is 7. The number of allylic oxidation sites excluding steroid dienone is 1. The average Bonchev–Trinajstić information content (AvgIpc) is 2.86. The molecule has 0 amide bonds. The van der Waals surface area contributed by atoms with Gasteiger partial charge in [-0.15, -0.1) is 0 Å². The van der Waals surface area contributed by atoms with E-state index in [1.165, 1.54) is 18.4 Å². The highest BCUT2D eigenvalue weighted by molar-refractivity contribution is 6.30. The van der Waals surface area contributed by atoms with E-state index >= 15 is 0 Å². The number of aromatic nitrogens is 3. The predicted octanol–water partition coefficient (Wildman–Crippen LogP) is 2.85. The van der Waals surface area contributed by atoms with Gasteiger partial charge in [-0.25, -0.2) is 19.1 Å². The third-order valence-electron chi connectivity index (χ3n) is 6.32. The number of dihydropyridines is 1. The molecule has 0 saturated carbocycles. The van der Waals surface area contributed by atoms with Gasteiger partial charge in [-0.2, -0.15) is 4.98 Å². The SMILES string of the molecule is COC1=NC2C=CC(Nc3nc(=O)n([C@@H](C)[C@@H](C)C(=O)O)c(=O)n3Cc3ccc(Cl)cc3)=CC2C=C1. The van der Waals surface area contributed by atoms with Crippen LogP contribution < -0.4 is 16.7 Å². The van der Waals surface area contributed by atoms with Gasteiger partial charge in [-0.1, -0.05) is 42.0 Å². The zero-order chi connectivity index (χ0) is 26.0. The van der Waals surface area contributed by atoms with E-state index < -0.39 is 29.3 Å². The number of carboxylic acids is 1. The summed E-state index contributed by atoms with van der Waals surface area (Å²) in [6.07, 6.45) is 9.38. The van der Waals surface area contributed by atoms with Gasteiger partial charge < -0.3 is 15.2 Å². The Labute approximate surface area is 211 Å². The molecule has 2 aliphatic rings. The number of nitrogens with zero attached hydrogens (tertiary/aromatic N) is 4. The molecule has 188 valence electrons. The molecule has 4 atom stereocenters. The normalized spacial score (nSPS) is 20.1. The van der Waals surface area contributed by atoms with Gasteiger partial charge in [0, 0.05) is 16.6 Å². The lowest BCUT2D eigenvalue weighted by molar-refractivity contribution is -0.142. The van der Waals surface area contributed by atoms with E-state index in [0.29, 0.717) is 16.6 Å². The summed E-state index contributed by atoms with van der Waals surface area (Å²) >= 11 is 6.00. The number of anilines is 1. The number of aliphatic carboxylic acids is 1. The van der Waals surface area contributed by atoms with Gasteiger partial charge in [0.05, 0.1) is 31.7 Å². The maximum atomic E-state index is 13.5. The van der Waals surface area contributed by atoms with Crippen molar-refractivity contribution in [3.63, 3.8) is 0 Å². The summed E-state index contributed by atoms with van der Waals surface area (Å²) in [7, 11) is 1.56. The topological polar surface area (TPSA) is 128 Å². The Morgan fingerprint density at radius 1 is 1.19 bits per heavy atom. The number of ether oxygens (including phenoxy) is 1. The van der Waals surface area contributed by atoms with Crippen molar-refractivity contribution >= 4 is 29.4 Å². The van der Waals surface area contributed by atoms with Gasteiger partial charge in [0.25, 0.3) is 0 Å². The minimum atomic E-state index is -1.12. The number of halogens is 1. The molecule has 0 fully saturated rings. The Morgan fingerprint density at radius 3 is 2.58 bits per heavy atom. The first-order chi connectivity index (χ1) is 17.2. The van der Waals surface area contributed by atoms with Crippen LogP contribution >= 0.6 is 11.6 Å². The molecule has 0 spiro atoms. The van der Waals surface area contributed by atoms with Crippen LogP contribution in [-0.4, -0.2) is 44.2 Å². The van der Waals surface area contributed by atoms with Crippen molar-refractivity contribution in [2.45, 2.75) is 32.5 Å². The van der Waals surface area contributed by atoms with E-state index in [2.05, 4.69) is 15.3 Å². The number of hydrogen-bond donors (Lipinski definition) is 2. The van der Waals surface area contributed by atoms with Crippen molar-refractivity contribution in [3.8, 4) is 0 Å². The van der Waals surface area contributed by atoms with E-state index in [9.17, 15) is 19.5 Å². The van der Waals surface area contributed by atoms with Crippen LogP contribution in [0.1, 0.15) is 25.5 Å². The van der Waals surface area contributed by atoms with Gasteiger partial charge in [0.1, 0.15) is 0 Å². The molecule has 2 N–H and O–H groups in total. The summed E-state index contributed by atoms with van der Waals surface area (Å²) in [5.41, 5.74) is -0.114. The summed E-state index contributed by atoms with van der Waals surface area (Å²) in [6, 6.07) is 5.90. The van der Waals surface area contributed by atoms with Crippen molar-refractivity contribution < 1.29 is 14.6 Å². The molecule has 1 aromatic carbocycles. The number of benzene rings is 1. The molecule has 0 saturated heterocycles. The van der Waals surface area contributed by atoms with Crippen molar-refractivity contribution in [2.75, 3.05) is 12.4 Å². The first-order valence-electron chi connectivity index (χ1n) is 11.4. The lowest BCUT2D eigenvalue weighted by Gasteiger charge is -2.25. The highest BCUT2D eigenvalue weighted by Gasteiger charge is 2.27. The molecule has 1 aliphatic heterocycles. The second kappa shape index (κ2) is 10.4. The van der Waals surface area contributed by atoms with Crippen LogP contribution in [0.5, 0.6) is 0 Å². The monoisotopic (exact) mass is 511 g/mol. The quantitative estimate of drug-likeness (QED) is 0.585. The third-order valence-corrected chi connectivity index (χ3v) is 6.57. The fourth-order valence-electron chi connectivity index (χ4n) is 4.00. The summed E-state index contributed by atoms with van der Waals surface area (Å²) in [5.74, 6) is -1.55. The molecule has 36 heavy (non-hydrogen) atoms. The molecule has 1 aliphatic carbocycles. The van der Waals surface area contributed by atoms with Crippen molar-refractivity contribution in [2.24, 2.45) is 16.8 Å². The second-order valence-corrected chi connectivity index (χ2v) is 9.09. The Kier molecular flexibility index (Phi) is 7.25. The molecule has 0 radical (unpaired) electrons. The smallest absolute Gasteiger partial charge is 0.355 e. The fraction of sp³-hybridized carbons (Fsp3) is 0.320. The standard InChI is InChI=1S/C25H26ClN5O5/c1-14(22(32)33)15(2)31-24(34)29-23(30(25(31)35)13-16-4-7-18(26)8-5-16)27-19-9-10-20-17(12-19)6-11-21(28-20)36-3/h4-12,14-15,17,20H,13H2,1-3H3,(H,32,33)(H,27,29,34)/t14-,15+,17?,20?/m1/s1. The Hall–Kier alpha value is -3.92. The highest BCUT2D eigenvalue weighted by atomic mass is 35.5. The van der Waals surface area contributed by atoms with Gasteiger partial charge in [-0.3, -0.25) is 9.36 Å². The molecular weight excluding hydrogens is 486 g/mol. The molecule has 1 aromatic heterocycles. The third kappa shape index (κ3) is 5.18. The number of nitrogens with one attached hydrogen (secondary N) is 1. The van der Waals surface area contributed by atoms with Gasteiger partial charge in [0.15, 0.2) is 0 Å². The molecule has 2 heterocycles. The zero-order valence-corrected chi connectivity index (χ0v) is 20.7.